The van der Waals surface area contributed by atoms with Crippen LogP contribution in [0.25, 0.3) is 4.96 Å². The number of carbonyl (C=O) groups is 1. The van der Waals surface area contributed by atoms with Crippen molar-refractivity contribution in [2.75, 3.05) is 0 Å². The summed E-state index contributed by atoms with van der Waals surface area (Å²) in [6.07, 6.45) is 1.33. The Morgan fingerprint density at radius 2 is 2.35 bits per heavy atom. The third-order valence-electron chi connectivity index (χ3n) is 2.79. The summed E-state index contributed by atoms with van der Waals surface area (Å²) in [6.45, 7) is 3.99. The molecule has 0 saturated carbocycles. The van der Waals surface area contributed by atoms with Crippen LogP contribution in [0.5, 0.6) is 0 Å². The van der Waals surface area contributed by atoms with Crippen LogP contribution >= 0.6 is 11.3 Å². The third-order valence-corrected chi connectivity index (χ3v) is 3.70. The van der Waals surface area contributed by atoms with E-state index in [2.05, 4.69) is 15.4 Å². The van der Waals surface area contributed by atoms with Gasteiger partial charge in [-0.25, -0.2) is 4.98 Å². The van der Waals surface area contributed by atoms with Crippen molar-refractivity contribution in [1.29, 1.82) is 0 Å². The Kier molecular flexibility index (Phi) is 4.46. The lowest BCUT2D eigenvalue weighted by Crippen LogP contribution is -2.36. The molecule has 20 heavy (non-hydrogen) atoms. The molecule has 2 heterocycles. The molecule has 7 nitrogen and oxygen atoms in total. The lowest BCUT2D eigenvalue weighted by Gasteiger charge is -2.11. The summed E-state index contributed by atoms with van der Waals surface area (Å²) < 4.78 is 1.24. The summed E-state index contributed by atoms with van der Waals surface area (Å²) in [5.41, 5.74) is 0.422. The average molecular weight is 296 g/mol. The topological polar surface area (TPSA) is 96.6 Å². The van der Waals surface area contributed by atoms with E-state index in [0.29, 0.717) is 28.6 Å². The molecule has 2 aromatic rings. The SMILES string of the molecule is CCCC(NCc1nn2c(=O)cc(C)nc2s1)C(=O)O. The summed E-state index contributed by atoms with van der Waals surface area (Å²) >= 11 is 1.28. The second-order valence-electron chi connectivity index (χ2n) is 4.49. The first kappa shape index (κ1) is 14.6. The van der Waals surface area contributed by atoms with Gasteiger partial charge in [0.2, 0.25) is 4.96 Å². The van der Waals surface area contributed by atoms with Gasteiger partial charge in [0.25, 0.3) is 5.56 Å². The van der Waals surface area contributed by atoms with Gasteiger partial charge in [-0.15, -0.1) is 0 Å². The minimum absolute atomic E-state index is 0.224. The Bertz CT molecular complexity index is 679. The van der Waals surface area contributed by atoms with Gasteiger partial charge in [-0.1, -0.05) is 24.7 Å². The van der Waals surface area contributed by atoms with Crippen molar-refractivity contribution in [3.63, 3.8) is 0 Å². The zero-order valence-electron chi connectivity index (χ0n) is 11.3. The Morgan fingerprint density at radius 3 is 3.00 bits per heavy atom. The van der Waals surface area contributed by atoms with Gasteiger partial charge in [-0.05, 0) is 13.3 Å². The number of carboxylic acids is 1. The zero-order valence-corrected chi connectivity index (χ0v) is 12.1. The van der Waals surface area contributed by atoms with E-state index < -0.39 is 12.0 Å². The molecule has 2 aromatic heterocycles. The molecule has 0 radical (unpaired) electrons. The van der Waals surface area contributed by atoms with E-state index in [1.54, 1.807) is 6.92 Å². The fourth-order valence-corrected chi connectivity index (χ4v) is 2.74. The molecule has 1 atom stereocenters. The summed E-state index contributed by atoms with van der Waals surface area (Å²) in [6, 6.07) is 0.819. The van der Waals surface area contributed by atoms with Crippen LogP contribution in [-0.2, 0) is 11.3 Å². The third kappa shape index (κ3) is 3.20. The standard InChI is InChI=1S/C12H16N4O3S/c1-3-4-8(11(18)19)13-6-9-15-16-10(17)5-7(2)14-12(16)20-9/h5,8,13H,3-4,6H2,1-2H3,(H,18,19). The van der Waals surface area contributed by atoms with Crippen molar-refractivity contribution in [1.82, 2.24) is 19.9 Å². The zero-order chi connectivity index (χ0) is 14.7. The first-order valence-corrected chi connectivity index (χ1v) is 7.15. The maximum atomic E-state index is 11.7. The van der Waals surface area contributed by atoms with Crippen LogP contribution in [0.3, 0.4) is 0 Å². The maximum Gasteiger partial charge on any atom is 0.320 e. The van der Waals surface area contributed by atoms with Gasteiger partial charge in [0, 0.05) is 11.8 Å². The monoisotopic (exact) mass is 296 g/mol. The van der Waals surface area contributed by atoms with Crippen LogP contribution < -0.4 is 10.9 Å². The van der Waals surface area contributed by atoms with Gasteiger partial charge in [-0.3, -0.25) is 14.9 Å². The molecule has 2 rings (SSSR count). The number of hydrogen-bond acceptors (Lipinski definition) is 6. The number of nitrogens with one attached hydrogen (secondary N) is 1. The summed E-state index contributed by atoms with van der Waals surface area (Å²) in [4.78, 5) is 27.5. The number of aryl methyl sites for hydroxylation is 1. The van der Waals surface area contributed by atoms with Crippen molar-refractivity contribution < 1.29 is 9.90 Å². The number of nitrogens with zero attached hydrogens (tertiary/aromatic N) is 3. The average Bonchev–Trinajstić information content (AvgIpc) is 2.77. The molecule has 108 valence electrons. The second-order valence-corrected chi connectivity index (χ2v) is 5.53. The van der Waals surface area contributed by atoms with E-state index in [1.165, 1.54) is 21.9 Å². The minimum atomic E-state index is -0.876. The molecule has 8 heteroatoms. The highest BCUT2D eigenvalue weighted by Crippen LogP contribution is 2.11. The minimum Gasteiger partial charge on any atom is -0.480 e. The van der Waals surface area contributed by atoms with Gasteiger partial charge in [0.05, 0.1) is 6.54 Å². The van der Waals surface area contributed by atoms with Crippen molar-refractivity contribution in [2.24, 2.45) is 0 Å². The predicted octanol–water partition coefficient (Wildman–Crippen LogP) is 0.802. The van der Waals surface area contributed by atoms with E-state index in [1.807, 2.05) is 6.92 Å². The van der Waals surface area contributed by atoms with Crippen LogP contribution in [0.2, 0.25) is 0 Å². The number of aromatic nitrogens is 3. The molecular weight excluding hydrogens is 280 g/mol. The number of hydrogen-bond donors (Lipinski definition) is 2. The molecule has 0 aliphatic carbocycles. The molecule has 0 aliphatic rings. The van der Waals surface area contributed by atoms with Crippen LogP contribution in [-0.4, -0.2) is 31.7 Å². The summed E-state index contributed by atoms with van der Waals surface area (Å²) in [5.74, 6) is -0.876. The summed E-state index contributed by atoms with van der Waals surface area (Å²) in [5, 5.41) is 16.8. The van der Waals surface area contributed by atoms with E-state index in [0.717, 1.165) is 6.42 Å². The van der Waals surface area contributed by atoms with E-state index in [4.69, 9.17) is 5.11 Å². The van der Waals surface area contributed by atoms with E-state index in [9.17, 15) is 9.59 Å². The highest BCUT2D eigenvalue weighted by molar-refractivity contribution is 7.16. The number of carboxylic acid groups (broad SMARTS) is 1. The van der Waals surface area contributed by atoms with Crippen LogP contribution in [0.4, 0.5) is 0 Å². The molecule has 1 unspecified atom stereocenters. The predicted molar refractivity (Wildman–Crippen MR) is 75.0 cm³/mol. The quantitative estimate of drug-likeness (QED) is 0.818. The molecule has 0 bridgehead atoms. The Balaban J connectivity index is 2.16. The normalized spacial score (nSPS) is 12.7. The number of rotatable bonds is 6. The number of aliphatic carboxylic acids is 1. The largest absolute Gasteiger partial charge is 0.480 e. The first-order chi connectivity index (χ1) is 9.51. The van der Waals surface area contributed by atoms with E-state index >= 15 is 0 Å². The maximum absolute atomic E-state index is 11.7. The molecule has 0 aliphatic heterocycles. The van der Waals surface area contributed by atoms with Crippen molar-refractivity contribution in [2.45, 2.75) is 39.3 Å². The second kappa shape index (κ2) is 6.10. The molecule has 0 saturated heterocycles. The molecule has 0 fully saturated rings. The Labute approximate surface area is 119 Å². The van der Waals surface area contributed by atoms with Gasteiger partial charge < -0.3 is 5.11 Å². The fraction of sp³-hybridized carbons (Fsp3) is 0.500. The molecule has 2 N–H and O–H groups in total. The van der Waals surface area contributed by atoms with Gasteiger partial charge in [0.1, 0.15) is 11.0 Å². The van der Waals surface area contributed by atoms with Crippen LogP contribution in [0.15, 0.2) is 10.9 Å². The highest BCUT2D eigenvalue weighted by Gasteiger charge is 2.16. The molecule has 0 aromatic carbocycles. The lowest BCUT2D eigenvalue weighted by molar-refractivity contribution is -0.139. The van der Waals surface area contributed by atoms with Crippen LogP contribution in [0.1, 0.15) is 30.5 Å². The Hall–Kier alpha value is -1.80. The lowest BCUT2D eigenvalue weighted by atomic mass is 10.2. The highest BCUT2D eigenvalue weighted by atomic mass is 32.1. The number of fused-ring (bicyclic) bond motifs is 1. The first-order valence-electron chi connectivity index (χ1n) is 6.34. The van der Waals surface area contributed by atoms with Crippen molar-refractivity contribution in [3.05, 3.63) is 27.1 Å². The van der Waals surface area contributed by atoms with Gasteiger partial charge in [0.15, 0.2) is 0 Å². The van der Waals surface area contributed by atoms with Gasteiger partial charge >= 0.3 is 5.97 Å². The van der Waals surface area contributed by atoms with Crippen molar-refractivity contribution >= 4 is 22.3 Å². The van der Waals surface area contributed by atoms with Crippen LogP contribution in [0, 0.1) is 6.92 Å². The Morgan fingerprint density at radius 1 is 1.60 bits per heavy atom. The molecule has 0 spiro atoms. The van der Waals surface area contributed by atoms with Gasteiger partial charge in [-0.2, -0.15) is 9.61 Å². The smallest absolute Gasteiger partial charge is 0.320 e. The summed E-state index contributed by atoms with van der Waals surface area (Å²) in [7, 11) is 0. The fourth-order valence-electron chi connectivity index (χ4n) is 1.84. The van der Waals surface area contributed by atoms with Crippen molar-refractivity contribution in [3.8, 4) is 0 Å². The molecular formula is C12H16N4O3S. The van der Waals surface area contributed by atoms with E-state index in [-0.39, 0.29) is 5.56 Å². The molecule has 0 amide bonds.